The summed E-state index contributed by atoms with van der Waals surface area (Å²) < 4.78 is 5.31. The summed E-state index contributed by atoms with van der Waals surface area (Å²) in [5.74, 6) is 0. The Morgan fingerprint density at radius 3 is 3.09 bits per heavy atom. The van der Waals surface area contributed by atoms with Crippen molar-refractivity contribution in [2.45, 2.75) is 38.8 Å². The van der Waals surface area contributed by atoms with Gasteiger partial charge in [-0.25, -0.2) is 4.79 Å². The number of nitrogens with one attached hydrogen (secondary N) is 2. The van der Waals surface area contributed by atoms with Gasteiger partial charge < -0.3 is 19.9 Å². The van der Waals surface area contributed by atoms with Gasteiger partial charge in [0.1, 0.15) is 11.1 Å². The fraction of sp³-hybridized carbons (Fsp3) is 0.500. The summed E-state index contributed by atoms with van der Waals surface area (Å²) in [4.78, 5) is 21.8. The molecule has 3 heterocycles. The average molecular weight is 302 g/mol. The number of nitrogens with zero attached hydrogens (tertiary/aromatic N) is 2. The molecule has 1 unspecified atom stereocenters. The molecule has 6 heteroatoms. The lowest BCUT2D eigenvalue weighted by Crippen LogP contribution is -2.40. The summed E-state index contributed by atoms with van der Waals surface area (Å²) in [5.41, 5.74) is 2.62. The van der Waals surface area contributed by atoms with Crippen LogP contribution in [-0.2, 0) is 4.74 Å². The van der Waals surface area contributed by atoms with E-state index in [1.165, 1.54) is 0 Å². The molecule has 22 heavy (non-hydrogen) atoms. The minimum Gasteiger partial charge on any atom is -0.444 e. The molecule has 1 fully saturated rings. The van der Waals surface area contributed by atoms with E-state index in [0.717, 1.165) is 36.2 Å². The van der Waals surface area contributed by atoms with Gasteiger partial charge in [-0.3, -0.25) is 4.98 Å². The zero-order chi connectivity index (χ0) is 15.7. The molecule has 2 N–H and O–H groups in total. The third-order valence-electron chi connectivity index (χ3n) is 3.66. The van der Waals surface area contributed by atoms with E-state index in [0.29, 0.717) is 0 Å². The Morgan fingerprint density at radius 2 is 2.32 bits per heavy atom. The Balaban J connectivity index is 1.64. The van der Waals surface area contributed by atoms with Crippen LogP contribution in [0, 0.1) is 0 Å². The SMILES string of the molecule is CC(C)(C)OC(=O)NC1CCN(c2c[nH]c3cccnc23)C1. The van der Waals surface area contributed by atoms with Crippen molar-refractivity contribution < 1.29 is 9.53 Å². The first-order valence-electron chi connectivity index (χ1n) is 7.59. The lowest BCUT2D eigenvalue weighted by molar-refractivity contribution is 0.0509. The standard InChI is InChI=1S/C16H22N4O2/c1-16(2,3)22-15(21)19-11-6-8-20(10-11)13-9-18-12-5-4-7-17-14(12)13/h4-5,7,9,11,18H,6,8,10H2,1-3H3,(H,19,21). The third kappa shape index (κ3) is 3.16. The second-order valence-electron chi connectivity index (χ2n) is 6.65. The van der Waals surface area contributed by atoms with Crippen LogP contribution in [0.3, 0.4) is 0 Å². The van der Waals surface area contributed by atoms with Crippen LogP contribution in [0.4, 0.5) is 10.5 Å². The molecule has 2 aromatic heterocycles. The molecule has 0 saturated carbocycles. The van der Waals surface area contributed by atoms with E-state index >= 15 is 0 Å². The molecule has 0 aliphatic carbocycles. The maximum absolute atomic E-state index is 11.8. The minimum atomic E-state index is -0.469. The first-order chi connectivity index (χ1) is 10.4. The van der Waals surface area contributed by atoms with Gasteiger partial charge in [0.05, 0.1) is 17.2 Å². The van der Waals surface area contributed by atoms with Crippen molar-refractivity contribution >= 4 is 22.8 Å². The first-order valence-corrected chi connectivity index (χ1v) is 7.59. The number of hydrogen-bond acceptors (Lipinski definition) is 4. The monoisotopic (exact) mass is 302 g/mol. The van der Waals surface area contributed by atoms with E-state index in [1.807, 2.05) is 39.1 Å². The predicted octanol–water partition coefficient (Wildman–Crippen LogP) is 2.67. The van der Waals surface area contributed by atoms with Crippen molar-refractivity contribution in [3.63, 3.8) is 0 Å². The van der Waals surface area contributed by atoms with Crippen LogP contribution in [-0.4, -0.2) is 40.8 Å². The third-order valence-corrected chi connectivity index (χ3v) is 3.66. The number of amides is 1. The number of pyridine rings is 1. The van der Waals surface area contributed by atoms with E-state index < -0.39 is 5.60 Å². The van der Waals surface area contributed by atoms with Crippen molar-refractivity contribution in [2.75, 3.05) is 18.0 Å². The maximum Gasteiger partial charge on any atom is 0.407 e. The van der Waals surface area contributed by atoms with Gasteiger partial charge in [-0.1, -0.05) is 0 Å². The fourth-order valence-corrected chi connectivity index (χ4v) is 2.75. The molecule has 3 rings (SSSR count). The first kappa shape index (κ1) is 14.7. The van der Waals surface area contributed by atoms with E-state index in [1.54, 1.807) is 6.20 Å². The number of alkyl carbamates (subject to hydrolysis) is 1. The number of rotatable bonds is 2. The van der Waals surface area contributed by atoms with Gasteiger partial charge >= 0.3 is 6.09 Å². The van der Waals surface area contributed by atoms with Crippen LogP contribution in [0.2, 0.25) is 0 Å². The van der Waals surface area contributed by atoms with Crippen molar-refractivity contribution in [3.8, 4) is 0 Å². The summed E-state index contributed by atoms with van der Waals surface area (Å²) in [6.07, 6.45) is 4.33. The van der Waals surface area contributed by atoms with Crippen LogP contribution in [0.5, 0.6) is 0 Å². The highest BCUT2D eigenvalue weighted by Crippen LogP contribution is 2.27. The number of H-pyrrole nitrogens is 1. The zero-order valence-electron chi connectivity index (χ0n) is 13.2. The van der Waals surface area contributed by atoms with Crippen LogP contribution >= 0.6 is 0 Å². The van der Waals surface area contributed by atoms with Crippen molar-refractivity contribution in [3.05, 3.63) is 24.5 Å². The maximum atomic E-state index is 11.8. The van der Waals surface area contributed by atoms with E-state index in [4.69, 9.17) is 4.74 Å². The van der Waals surface area contributed by atoms with E-state index in [2.05, 4.69) is 20.2 Å². The number of hydrogen-bond donors (Lipinski definition) is 2. The highest BCUT2D eigenvalue weighted by Gasteiger charge is 2.27. The molecule has 118 valence electrons. The normalized spacial score (nSPS) is 18.7. The number of aromatic nitrogens is 2. The van der Waals surface area contributed by atoms with Crippen LogP contribution in [0.25, 0.3) is 11.0 Å². The van der Waals surface area contributed by atoms with Gasteiger partial charge in [0.15, 0.2) is 0 Å². The van der Waals surface area contributed by atoms with E-state index in [-0.39, 0.29) is 12.1 Å². The zero-order valence-corrected chi connectivity index (χ0v) is 13.2. The van der Waals surface area contributed by atoms with Crippen molar-refractivity contribution in [1.82, 2.24) is 15.3 Å². The summed E-state index contributed by atoms with van der Waals surface area (Å²) in [6.45, 7) is 7.26. The van der Waals surface area contributed by atoms with Gasteiger partial charge in [0, 0.05) is 25.5 Å². The summed E-state index contributed by atoms with van der Waals surface area (Å²) >= 11 is 0. The number of ether oxygens (including phenoxy) is 1. The molecule has 6 nitrogen and oxygen atoms in total. The van der Waals surface area contributed by atoms with Crippen LogP contribution in [0.1, 0.15) is 27.2 Å². The molecular formula is C16H22N4O2. The van der Waals surface area contributed by atoms with Gasteiger partial charge in [-0.05, 0) is 39.3 Å². The fourth-order valence-electron chi connectivity index (χ4n) is 2.75. The molecule has 1 amide bonds. The molecule has 0 aromatic carbocycles. The molecule has 1 aliphatic heterocycles. The summed E-state index contributed by atoms with van der Waals surface area (Å²) in [5, 5.41) is 2.94. The minimum absolute atomic E-state index is 0.100. The lowest BCUT2D eigenvalue weighted by Gasteiger charge is -2.22. The van der Waals surface area contributed by atoms with Crippen LogP contribution in [0.15, 0.2) is 24.5 Å². The average Bonchev–Trinajstić information content (AvgIpc) is 3.02. The van der Waals surface area contributed by atoms with Crippen LogP contribution < -0.4 is 10.2 Å². The summed E-state index contributed by atoms with van der Waals surface area (Å²) in [7, 11) is 0. The Morgan fingerprint density at radius 1 is 1.50 bits per heavy atom. The molecule has 1 aliphatic rings. The Labute approximate surface area is 129 Å². The van der Waals surface area contributed by atoms with E-state index in [9.17, 15) is 4.79 Å². The van der Waals surface area contributed by atoms with Gasteiger partial charge in [-0.2, -0.15) is 0 Å². The molecule has 0 radical (unpaired) electrons. The second-order valence-corrected chi connectivity index (χ2v) is 6.65. The second kappa shape index (κ2) is 5.51. The molecule has 1 atom stereocenters. The summed E-state index contributed by atoms with van der Waals surface area (Å²) in [6, 6.07) is 4.03. The lowest BCUT2D eigenvalue weighted by atomic mass is 10.2. The quantitative estimate of drug-likeness (QED) is 0.895. The predicted molar refractivity (Wildman–Crippen MR) is 86.1 cm³/mol. The largest absolute Gasteiger partial charge is 0.444 e. The Kier molecular flexibility index (Phi) is 3.68. The van der Waals surface area contributed by atoms with Gasteiger partial charge in [0.2, 0.25) is 0 Å². The van der Waals surface area contributed by atoms with Gasteiger partial charge in [0.25, 0.3) is 0 Å². The Hall–Kier alpha value is -2.24. The number of carbonyl (C=O) groups excluding carboxylic acids is 1. The number of anilines is 1. The smallest absolute Gasteiger partial charge is 0.407 e. The highest BCUT2D eigenvalue weighted by atomic mass is 16.6. The topological polar surface area (TPSA) is 70.2 Å². The molecule has 1 saturated heterocycles. The molecule has 0 bridgehead atoms. The van der Waals surface area contributed by atoms with Crippen molar-refractivity contribution in [1.29, 1.82) is 0 Å². The molecular weight excluding hydrogens is 280 g/mol. The highest BCUT2D eigenvalue weighted by molar-refractivity contribution is 5.89. The number of aromatic amines is 1. The van der Waals surface area contributed by atoms with Crippen molar-refractivity contribution in [2.24, 2.45) is 0 Å². The number of carbonyl (C=O) groups is 1. The molecule has 2 aromatic rings. The number of fused-ring (bicyclic) bond motifs is 1. The Bertz CT molecular complexity index is 674. The molecule has 0 spiro atoms. The van der Waals surface area contributed by atoms with Gasteiger partial charge in [-0.15, -0.1) is 0 Å².